The van der Waals surface area contributed by atoms with Gasteiger partial charge in [-0.05, 0) is 36.4 Å². The molecule has 0 radical (unpaired) electrons. The Morgan fingerprint density at radius 2 is 1.59 bits per heavy atom. The molecule has 3 aromatic rings. The lowest BCUT2D eigenvalue weighted by molar-refractivity contribution is -0.132. The highest BCUT2D eigenvalue weighted by molar-refractivity contribution is 9.10. The number of benzene rings is 3. The molecule has 160 valence electrons. The molecule has 0 aromatic heterocycles. The summed E-state index contributed by atoms with van der Waals surface area (Å²) in [5, 5.41) is 20.3. The predicted molar refractivity (Wildman–Crippen MR) is 119 cm³/mol. The van der Waals surface area contributed by atoms with E-state index < -0.39 is 35.3 Å². The van der Waals surface area contributed by atoms with Crippen LogP contribution in [0.2, 0.25) is 0 Å². The fourth-order valence-corrected chi connectivity index (χ4v) is 3.91. The van der Waals surface area contributed by atoms with Crippen molar-refractivity contribution in [2.75, 3.05) is 4.90 Å². The molecule has 0 unspecified atom stereocenters. The molecule has 4 rings (SSSR count). The second kappa shape index (κ2) is 8.39. The van der Waals surface area contributed by atoms with E-state index in [1.807, 2.05) is 0 Å². The number of aliphatic hydroxyl groups excluding tert-OH is 1. The van der Waals surface area contributed by atoms with E-state index in [9.17, 15) is 29.0 Å². The van der Waals surface area contributed by atoms with Crippen LogP contribution in [0, 0.1) is 5.82 Å². The number of amides is 1. The summed E-state index contributed by atoms with van der Waals surface area (Å²) in [5.41, 5.74) is -0.0410. The van der Waals surface area contributed by atoms with Gasteiger partial charge in [0, 0.05) is 21.3 Å². The predicted octanol–water partition coefficient (Wildman–Crippen LogP) is 4.91. The van der Waals surface area contributed by atoms with Crippen molar-refractivity contribution < 1.29 is 29.0 Å². The smallest absolute Gasteiger partial charge is 0.335 e. The molecule has 6 nitrogen and oxygen atoms in total. The van der Waals surface area contributed by atoms with Crippen molar-refractivity contribution >= 4 is 45.0 Å². The molecule has 2 N–H and O–H groups in total. The number of carbonyl (C=O) groups is 3. The largest absolute Gasteiger partial charge is 0.507 e. The SMILES string of the molecule is O=C1C(=O)N(c2cccc(C(=O)O)c2)[C@@H](c2ccccc2F)C1=C(O)c1ccc(Br)cc1. The zero-order valence-corrected chi connectivity index (χ0v) is 17.9. The summed E-state index contributed by atoms with van der Waals surface area (Å²) in [6, 6.07) is 16.2. The molecule has 32 heavy (non-hydrogen) atoms. The number of hydrogen-bond donors (Lipinski definition) is 2. The van der Waals surface area contributed by atoms with Crippen molar-refractivity contribution in [1.29, 1.82) is 0 Å². The maximum absolute atomic E-state index is 14.8. The third-order valence-electron chi connectivity index (χ3n) is 5.13. The third-order valence-corrected chi connectivity index (χ3v) is 5.66. The molecule has 0 aliphatic carbocycles. The molecule has 1 fully saturated rings. The molecule has 8 heteroatoms. The van der Waals surface area contributed by atoms with Gasteiger partial charge in [-0.3, -0.25) is 14.5 Å². The summed E-state index contributed by atoms with van der Waals surface area (Å²) in [4.78, 5) is 38.5. The topological polar surface area (TPSA) is 94.9 Å². The van der Waals surface area contributed by atoms with Crippen molar-refractivity contribution in [2.24, 2.45) is 0 Å². The lowest BCUT2D eigenvalue weighted by atomic mass is 9.94. The summed E-state index contributed by atoms with van der Waals surface area (Å²) in [6.07, 6.45) is 0. The lowest BCUT2D eigenvalue weighted by Gasteiger charge is -2.26. The number of nitrogens with zero attached hydrogens (tertiary/aromatic N) is 1. The minimum Gasteiger partial charge on any atom is -0.507 e. The zero-order chi connectivity index (χ0) is 23.0. The van der Waals surface area contributed by atoms with Crippen molar-refractivity contribution in [3.8, 4) is 0 Å². The van der Waals surface area contributed by atoms with Crippen molar-refractivity contribution in [3.63, 3.8) is 0 Å². The molecule has 0 saturated carbocycles. The highest BCUT2D eigenvalue weighted by Crippen LogP contribution is 2.43. The minimum atomic E-state index is -1.29. The molecular formula is C24H15BrFNO5. The first-order valence-corrected chi connectivity index (χ1v) is 10.2. The van der Waals surface area contributed by atoms with E-state index in [1.165, 1.54) is 42.5 Å². The molecule has 0 spiro atoms. The van der Waals surface area contributed by atoms with E-state index in [0.29, 0.717) is 0 Å². The van der Waals surface area contributed by atoms with E-state index in [4.69, 9.17) is 0 Å². The molecule has 1 aliphatic heterocycles. The number of ketones is 1. The number of carbonyl (C=O) groups excluding carboxylic acids is 2. The second-order valence-corrected chi connectivity index (χ2v) is 7.97. The third kappa shape index (κ3) is 3.69. The number of Topliss-reactive ketones (excluding diaryl/α,β-unsaturated/α-hetero) is 1. The summed E-state index contributed by atoms with van der Waals surface area (Å²) < 4.78 is 15.6. The Morgan fingerprint density at radius 3 is 2.25 bits per heavy atom. The van der Waals surface area contributed by atoms with Crippen LogP contribution in [0.4, 0.5) is 10.1 Å². The summed E-state index contributed by atoms with van der Waals surface area (Å²) in [7, 11) is 0. The highest BCUT2D eigenvalue weighted by Gasteiger charge is 2.47. The number of halogens is 2. The second-order valence-electron chi connectivity index (χ2n) is 7.05. The van der Waals surface area contributed by atoms with Gasteiger partial charge in [-0.25, -0.2) is 9.18 Å². The standard InChI is InChI=1S/C24H15BrFNO5/c25-15-10-8-13(9-11-15)21(28)19-20(17-6-1-2-7-18(17)26)27(23(30)22(19)29)16-5-3-4-14(12-16)24(31)32/h1-12,20,28H,(H,31,32)/t20-/m0/s1. The molecule has 0 bridgehead atoms. The average molecular weight is 496 g/mol. The lowest BCUT2D eigenvalue weighted by Crippen LogP contribution is -2.30. The Balaban J connectivity index is 1.97. The quantitative estimate of drug-likeness (QED) is 0.304. The fourth-order valence-electron chi connectivity index (χ4n) is 3.64. The van der Waals surface area contributed by atoms with Gasteiger partial charge in [0.05, 0.1) is 17.2 Å². The number of hydrogen-bond acceptors (Lipinski definition) is 4. The van der Waals surface area contributed by atoms with Crippen molar-refractivity contribution in [3.05, 3.63) is 105 Å². The average Bonchev–Trinajstić information content (AvgIpc) is 3.04. The summed E-state index contributed by atoms with van der Waals surface area (Å²) >= 11 is 3.29. The van der Waals surface area contributed by atoms with Crippen LogP contribution in [-0.4, -0.2) is 27.9 Å². The van der Waals surface area contributed by atoms with Crippen LogP contribution in [0.25, 0.3) is 5.76 Å². The Hall–Kier alpha value is -3.78. The minimum absolute atomic E-state index is 0.00825. The number of aromatic carboxylic acids is 1. The molecule has 1 aliphatic rings. The van der Waals surface area contributed by atoms with E-state index >= 15 is 0 Å². The van der Waals surface area contributed by atoms with Gasteiger partial charge in [-0.15, -0.1) is 0 Å². The van der Waals surface area contributed by atoms with Gasteiger partial charge in [-0.2, -0.15) is 0 Å². The van der Waals surface area contributed by atoms with E-state index in [2.05, 4.69) is 15.9 Å². The van der Waals surface area contributed by atoms with Crippen molar-refractivity contribution in [2.45, 2.75) is 6.04 Å². The summed E-state index contributed by atoms with van der Waals surface area (Å²) in [5.74, 6) is -4.36. The van der Waals surface area contributed by atoms with Gasteiger partial charge in [0.25, 0.3) is 11.7 Å². The Labute approximate surface area is 190 Å². The van der Waals surface area contributed by atoms with Crippen LogP contribution in [0.1, 0.15) is 27.5 Å². The molecule has 3 aromatic carbocycles. The first-order chi connectivity index (χ1) is 15.3. The van der Waals surface area contributed by atoms with E-state index in [0.717, 1.165) is 9.37 Å². The van der Waals surface area contributed by atoms with Crippen LogP contribution in [0.3, 0.4) is 0 Å². The molecule has 1 atom stereocenters. The molecular weight excluding hydrogens is 481 g/mol. The maximum atomic E-state index is 14.8. The fraction of sp³-hybridized carbons (Fsp3) is 0.0417. The van der Waals surface area contributed by atoms with Crippen LogP contribution in [-0.2, 0) is 9.59 Å². The Kier molecular flexibility index (Phi) is 5.63. The van der Waals surface area contributed by atoms with Gasteiger partial charge >= 0.3 is 5.97 Å². The zero-order valence-electron chi connectivity index (χ0n) is 16.3. The first-order valence-electron chi connectivity index (χ1n) is 9.44. The van der Waals surface area contributed by atoms with Gasteiger partial charge in [0.15, 0.2) is 0 Å². The van der Waals surface area contributed by atoms with Crippen LogP contribution < -0.4 is 4.90 Å². The summed E-state index contributed by atoms with van der Waals surface area (Å²) in [6.45, 7) is 0. The van der Waals surface area contributed by atoms with Gasteiger partial charge in [0.1, 0.15) is 11.6 Å². The highest BCUT2D eigenvalue weighted by atomic mass is 79.9. The van der Waals surface area contributed by atoms with Crippen LogP contribution in [0.15, 0.2) is 82.8 Å². The van der Waals surface area contributed by atoms with Crippen LogP contribution >= 0.6 is 15.9 Å². The van der Waals surface area contributed by atoms with E-state index in [1.54, 1.807) is 30.3 Å². The number of anilines is 1. The number of carboxylic acids is 1. The molecule has 1 heterocycles. The number of carboxylic acid groups (broad SMARTS) is 1. The van der Waals surface area contributed by atoms with Crippen molar-refractivity contribution in [1.82, 2.24) is 0 Å². The maximum Gasteiger partial charge on any atom is 0.335 e. The number of aliphatic hydroxyl groups is 1. The van der Waals surface area contributed by atoms with E-state index in [-0.39, 0.29) is 28.0 Å². The molecule has 1 amide bonds. The monoisotopic (exact) mass is 495 g/mol. The Bertz CT molecular complexity index is 1290. The van der Waals surface area contributed by atoms with Gasteiger partial charge < -0.3 is 10.2 Å². The molecule has 1 saturated heterocycles. The Morgan fingerprint density at radius 1 is 0.906 bits per heavy atom. The number of rotatable bonds is 4. The van der Waals surface area contributed by atoms with Gasteiger partial charge in [-0.1, -0.05) is 52.3 Å². The normalized spacial score (nSPS) is 17.6. The first kappa shape index (κ1) is 21.5. The van der Waals surface area contributed by atoms with Crippen LogP contribution in [0.5, 0.6) is 0 Å². The van der Waals surface area contributed by atoms with Gasteiger partial charge in [0.2, 0.25) is 0 Å².